The fourth-order valence-corrected chi connectivity index (χ4v) is 3.52. The van der Waals surface area contributed by atoms with Gasteiger partial charge >= 0.3 is 0 Å². The molecule has 0 spiro atoms. The summed E-state index contributed by atoms with van der Waals surface area (Å²) in [6.07, 6.45) is 1.55. The molecule has 0 aliphatic heterocycles. The molecule has 0 unspecified atom stereocenters. The second-order valence-corrected chi connectivity index (χ2v) is 6.91. The molecule has 0 amide bonds. The fraction of sp³-hybridized carbons (Fsp3) is 0.0952. The number of aryl methyl sites for hydroxylation is 1. The number of nitriles is 2. The highest BCUT2D eigenvalue weighted by Gasteiger charge is 2.21. The number of nitrogens with two attached hydrogens (primary N) is 1. The number of Topliss-reactive ketones (excluding diaryl/α,β-unsaturated/α-hetero) is 1. The van der Waals surface area contributed by atoms with Gasteiger partial charge in [0.2, 0.25) is 0 Å². The summed E-state index contributed by atoms with van der Waals surface area (Å²) < 4.78 is 0. The summed E-state index contributed by atoms with van der Waals surface area (Å²) in [6, 6.07) is 16.7. The van der Waals surface area contributed by atoms with Crippen LogP contribution in [-0.4, -0.2) is 21.5 Å². The normalized spacial score (nSPS) is 10.1. The Labute approximate surface area is 166 Å². The van der Waals surface area contributed by atoms with E-state index in [1.807, 2.05) is 37.3 Å². The summed E-state index contributed by atoms with van der Waals surface area (Å²) in [5, 5.41) is 19.6. The summed E-state index contributed by atoms with van der Waals surface area (Å²) in [5.74, 6) is -0.0989. The van der Waals surface area contributed by atoms with Crippen molar-refractivity contribution in [1.82, 2.24) is 9.97 Å². The first-order valence-electron chi connectivity index (χ1n) is 8.33. The molecule has 0 radical (unpaired) electrons. The van der Waals surface area contributed by atoms with E-state index < -0.39 is 0 Å². The molecule has 2 heterocycles. The van der Waals surface area contributed by atoms with Gasteiger partial charge in [-0.2, -0.15) is 10.5 Å². The number of rotatable bonds is 5. The van der Waals surface area contributed by atoms with Gasteiger partial charge in [-0.25, -0.2) is 4.98 Å². The zero-order chi connectivity index (χ0) is 20.1. The average molecular weight is 385 g/mol. The van der Waals surface area contributed by atoms with Gasteiger partial charge in [0.1, 0.15) is 34.2 Å². The fourth-order valence-electron chi connectivity index (χ4n) is 2.65. The highest BCUT2D eigenvalue weighted by Crippen LogP contribution is 2.35. The maximum atomic E-state index is 12.3. The Hall–Kier alpha value is -3.68. The van der Waals surface area contributed by atoms with E-state index in [9.17, 15) is 15.3 Å². The van der Waals surface area contributed by atoms with E-state index >= 15 is 0 Å². The SMILES string of the molecule is Cc1ccc(-c2c(C#N)c(N)nc(SCC(=O)c3ccccn3)c2C#N)cc1. The third kappa shape index (κ3) is 3.85. The van der Waals surface area contributed by atoms with Gasteiger partial charge in [0.05, 0.1) is 11.3 Å². The van der Waals surface area contributed by atoms with E-state index in [2.05, 4.69) is 16.0 Å². The van der Waals surface area contributed by atoms with Crippen LogP contribution in [0, 0.1) is 29.6 Å². The molecule has 0 fully saturated rings. The van der Waals surface area contributed by atoms with Crippen molar-refractivity contribution in [3.05, 3.63) is 71.0 Å². The monoisotopic (exact) mass is 385 g/mol. The predicted octanol–water partition coefficient (Wildman–Crippen LogP) is 3.75. The lowest BCUT2D eigenvalue weighted by atomic mass is 9.96. The Morgan fingerprint density at radius 1 is 1.11 bits per heavy atom. The van der Waals surface area contributed by atoms with Crippen LogP contribution in [0.5, 0.6) is 0 Å². The smallest absolute Gasteiger partial charge is 0.191 e. The topological polar surface area (TPSA) is 116 Å². The van der Waals surface area contributed by atoms with Gasteiger partial charge in [0.15, 0.2) is 5.78 Å². The number of hydrogen-bond donors (Lipinski definition) is 1. The molecular formula is C21H15N5OS. The number of ketones is 1. The number of nitrogen functional groups attached to an aromatic ring is 1. The highest BCUT2D eigenvalue weighted by atomic mass is 32.2. The second kappa shape index (κ2) is 8.34. The van der Waals surface area contributed by atoms with E-state index in [1.165, 1.54) is 0 Å². The van der Waals surface area contributed by atoms with Crippen LogP contribution in [0.2, 0.25) is 0 Å². The molecule has 0 atom stereocenters. The van der Waals surface area contributed by atoms with Gasteiger partial charge in [0.25, 0.3) is 0 Å². The van der Waals surface area contributed by atoms with Crippen LogP contribution in [0.1, 0.15) is 27.2 Å². The van der Waals surface area contributed by atoms with Crippen molar-refractivity contribution in [2.24, 2.45) is 0 Å². The lowest BCUT2D eigenvalue weighted by Gasteiger charge is -2.13. The largest absolute Gasteiger partial charge is 0.383 e. The van der Waals surface area contributed by atoms with Crippen molar-refractivity contribution in [3.8, 4) is 23.3 Å². The lowest BCUT2D eigenvalue weighted by Crippen LogP contribution is -2.07. The molecule has 28 heavy (non-hydrogen) atoms. The first kappa shape index (κ1) is 19.1. The quantitative estimate of drug-likeness (QED) is 0.525. The summed E-state index contributed by atoms with van der Waals surface area (Å²) >= 11 is 1.11. The molecule has 3 aromatic rings. The standard InChI is InChI=1S/C21H15N5OS/c1-13-5-7-14(8-6-13)19-15(10-22)20(24)26-21(16(19)11-23)28-12-18(27)17-4-2-3-9-25-17/h2-9H,12H2,1H3,(H2,24,26). The molecule has 3 rings (SSSR count). The van der Waals surface area contributed by atoms with Crippen molar-refractivity contribution in [2.75, 3.05) is 11.5 Å². The molecule has 1 aromatic carbocycles. The van der Waals surface area contributed by atoms with Crippen LogP contribution in [0.25, 0.3) is 11.1 Å². The first-order chi connectivity index (χ1) is 13.5. The predicted molar refractivity (Wildman–Crippen MR) is 108 cm³/mol. The summed E-state index contributed by atoms with van der Waals surface area (Å²) in [7, 11) is 0. The number of hydrogen-bond acceptors (Lipinski definition) is 7. The van der Waals surface area contributed by atoms with Crippen molar-refractivity contribution >= 4 is 23.4 Å². The number of nitrogens with zero attached hydrogens (tertiary/aromatic N) is 4. The molecular weight excluding hydrogens is 370 g/mol. The van der Waals surface area contributed by atoms with E-state index in [1.54, 1.807) is 24.4 Å². The Kier molecular flexibility index (Phi) is 5.69. The number of thioether (sulfide) groups is 1. The van der Waals surface area contributed by atoms with Crippen molar-refractivity contribution < 1.29 is 4.79 Å². The lowest BCUT2D eigenvalue weighted by molar-refractivity contribution is 0.101. The molecule has 2 aromatic heterocycles. The minimum Gasteiger partial charge on any atom is -0.383 e. The number of carbonyl (C=O) groups is 1. The number of anilines is 1. The summed E-state index contributed by atoms with van der Waals surface area (Å²) in [5.41, 5.74) is 8.90. The molecule has 0 bridgehead atoms. The summed E-state index contributed by atoms with van der Waals surface area (Å²) in [6.45, 7) is 1.95. The van der Waals surface area contributed by atoms with Gasteiger partial charge in [-0.05, 0) is 24.6 Å². The van der Waals surface area contributed by atoms with Crippen LogP contribution in [-0.2, 0) is 0 Å². The molecule has 6 nitrogen and oxygen atoms in total. The number of benzene rings is 1. The van der Waals surface area contributed by atoms with Crippen LogP contribution in [0.4, 0.5) is 5.82 Å². The average Bonchev–Trinajstić information content (AvgIpc) is 2.72. The van der Waals surface area contributed by atoms with Crippen molar-refractivity contribution in [3.63, 3.8) is 0 Å². The van der Waals surface area contributed by atoms with Crippen LogP contribution in [0.3, 0.4) is 0 Å². The molecule has 136 valence electrons. The van der Waals surface area contributed by atoms with Crippen molar-refractivity contribution in [2.45, 2.75) is 11.9 Å². The molecule has 0 saturated heterocycles. The summed E-state index contributed by atoms with van der Waals surface area (Å²) in [4.78, 5) is 20.6. The molecule has 7 heteroatoms. The third-order valence-corrected chi connectivity index (χ3v) is 5.02. The van der Waals surface area contributed by atoms with Crippen LogP contribution in [0.15, 0.2) is 53.7 Å². The third-order valence-electron chi connectivity index (χ3n) is 4.05. The minimum absolute atomic E-state index is 0.0323. The number of carbonyl (C=O) groups excluding carboxylic acids is 1. The molecule has 0 aliphatic carbocycles. The molecule has 0 saturated carbocycles. The van der Waals surface area contributed by atoms with Gasteiger partial charge in [0, 0.05) is 11.8 Å². The Balaban J connectivity index is 2.03. The van der Waals surface area contributed by atoms with E-state index in [0.717, 1.165) is 17.3 Å². The van der Waals surface area contributed by atoms with Gasteiger partial charge in [-0.1, -0.05) is 47.7 Å². The Morgan fingerprint density at radius 3 is 2.43 bits per heavy atom. The van der Waals surface area contributed by atoms with E-state index in [4.69, 9.17) is 5.73 Å². The van der Waals surface area contributed by atoms with Gasteiger partial charge in [-0.15, -0.1) is 0 Å². The van der Waals surface area contributed by atoms with Crippen LogP contribution >= 0.6 is 11.8 Å². The highest BCUT2D eigenvalue weighted by molar-refractivity contribution is 8.00. The molecule has 2 N–H and O–H groups in total. The number of aromatic nitrogens is 2. The maximum absolute atomic E-state index is 12.3. The van der Waals surface area contributed by atoms with Gasteiger partial charge in [-0.3, -0.25) is 9.78 Å². The minimum atomic E-state index is -0.184. The first-order valence-corrected chi connectivity index (χ1v) is 9.31. The van der Waals surface area contributed by atoms with Crippen LogP contribution < -0.4 is 5.73 Å². The maximum Gasteiger partial charge on any atom is 0.191 e. The van der Waals surface area contributed by atoms with Crippen molar-refractivity contribution in [1.29, 1.82) is 10.5 Å². The second-order valence-electron chi connectivity index (χ2n) is 5.94. The Morgan fingerprint density at radius 2 is 1.82 bits per heavy atom. The Bertz CT molecular complexity index is 1110. The zero-order valence-corrected chi connectivity index (χ0v) is 15.8. The molecule has 0 aliphatic rings. The van der Waals surface area contributed by atoms with E-state index in [0.29, 0.717) is 21.8 Å². The number of pyridine rings is 2. The zero-order valence-electron chi connectivity index (χ0n) is 15.0. The van der Waals surface area contributed by atoms with Gasteiger partial charge < -0.3 is 5.73 Å². The van der Waals surface area contributed by atoms with E-state index in [-0.39, 0.29) is 28.5 Å².